The topological polar surface area (TPSA) is 70.5 Å². The normalized spacial score (nSPS) is 16.1. The first kappa shape index (κ1) is 13.5. The Morgan fingerprint density at radius 3 is 2.56 bits per heavy atom. The second-order valence-corrected chi connectivity index (χ2v) is 6.53. The summed E-state index contributed by atoms with van der Waals surface area (Å²) in [6.45, 7) is 0.0916. The summed E-state index contributed by atoms with van der Waals surface area (Å²) in [4.78, 5) is 3.90. The number of hydrogen-bond acceptors (Lipinski definition) is 4. The van der Waals surface area contributed by atoms with Gasteiger partial charge in [-0.3, -0.25) is 4.98 Å². The molecule has 0 aromatic carbocycles. The fourth-order valence-corrected chi connectivity index (χ4v) is 3.68. The summed E-state index contributed by atoms with van der Waals surface area (Å²) >= 11 is 0. The van der Waals surface area contributed by atoms with Crippen LogP contribution in [0.2, 0.25) is 0 Å². The molecule has 0 aliphatic heterocycles. The highest BCUT2D eigenvalue weighted by Crippen LogP contribution is 2.29. The Kier molecular flexibility index (Phi) is 4.31. The van der Waals surface area contributed by atoms with Crippen LogP contribution in [0.15, 0.2) is 24.5 Å². The minimum Gasteiger partial charge on any atom is -0.395 e. The van der Waals surface area contributed by atoms with E-state index in [4.69, 9.17) is 5.11 Å². The van der Waals surface area contributed by atoms with Crippen molar-refractivity contribution in [2.75, 3.05) is 18.9 Å². The Bertz CT molecular complexity index is 471. The highest BCUT2D eigenvalue weighted by Gasteiger charge is 2.36. The lowest BCUT2D eigenvalue weighted by atomic mass is 10.2. The first-order valence-electron chi connectivity index (χ1n) is 6.13. The molecular weight excluding hydrogens is 252 g/mol. The van der Waals surface area contributed by atoms with Crippen LogP contribution >= 0.6 is 0 Å². The quantitative estimate of drug-likeness (QED) is 0.779. The van der Waals surface area contributed by atoms with Crippen molar-refractivity contribution in [3.8, 4) is 0 Å². The molecule has 1 aromatic heterocycles. The van der Waals surface area contributed by atoms with Gasteiger partial charge in [0.05, 0.1) is 12.4 Å². The van der Waals surface area contributed by atoms with Gasteiger partial charge in [0.2, 0.25) is 10.0 Å². The van der Waals surface area contributed by atoms with Crippen molar-refractivity contribution < 1.29 is 13.5 Å². The van der Waals surface area contributed by atoms with Gasteiger partial charge in [-0.2, -0.15) is 4.31 Å². The molecule has 2 rings (SSSR count). The molecule has 0 atom stereocenters. The molecule has 100 valence electrons. The summed E-state index contributed by atoms with van der Waals surface area (Å²) in [7, 11) is -3.27. The molecule has 0 bridgehead atoms. The van der Waals surface area contributed by atoms with Crippen molar-refractivity contribution in [1.82, 2.24) is 9.29 Å². The van der Waals surface area contributed by atoms with E-state index in [1.165, 1.54) is 4.31 Å². The molecule has 0 unspecified atom stereocenters. The number of hydrogen-bond donors (Lipinski definition) is 1. The fraction of sp³-hybridized carbons (Fsp3) is 0.583. The number of nitrogens with zero attached hydrogens (tertiary/aromatic N) is 2. The summed E-state index contributed by atoms with van der Waals surface area (Å²) < 4.78 is 25.8. The molecule has 1 saturated carbocycles. The van der Waals surface area contributed by atoms with Gasteiger partial charge in [-0.15, -0.1) is 0 Å². The fourth-order valence-electron chi connectivity index (χ4n) is 1.92. The lowest BCUT2D eigenvalue weighted by Crippen LogP contribution is -2.37. The maximum atomic E-state index is 12.2. The van der Waals surface area contributed by atoms with Crippen LogP contribution < -0.4 is 0 Å². The molecule has 1 aliphatic rings. The van der Waals surface area contributed by atoms with Crippen LogP contribution in [0, 0.1) is 0 Å². The standard InChI is InChI=1S/C12H18N2O3S/c15-9-8-14(12-1-2-12)18(16,17)10-5-11-3-6-13-7-4-11/h3-4,6-7,12,15H,1-2,5,8-10H2. The van der Waals surface area contributed by atoms with E-state index >= 15 is 0 Å². The zero-order valence-electron chi connectivity index (χ0n) is 10.2. The predicted molar refractivity (Wildman–Crippen MR) is 68.5 cm³/mol. The molecule has 0 saturated heterocycles. The highest BCUT2D eigenvalue weighted by atomic mass is 32.2. The minimum atomic E-state index is -3.27. The average molecular weight is 270 g/mol. The average Bonchev–Trinajstić information content (AvgIpc) is 3.19. The first-order valence-corrected chi connectivity index (χ1v) is 7.73. The number of sulfonamides is 1. The van der Waals surface area contributed by atoms with E-state index < -0.39 is 10.0 Å². The van der Waals surface area contributed by atoms with Crippen molar-refractivity contribution in [2.45, 2.75) is 25.3 Å². The van der Waals surface area contributed by atoms with E-state index in [0.29, 0.717) is 6.42 Å². The molecule has 1 N–H and O–H groups in total. The zero-order valence-corrected chi connectivity index (χ0v) is 11.0. The van der Waals surface area contributed by atoms with Gasteiger partial charge in [-0.25, -0.2) is 8.42 Å². The van der Waals surface area contributed by atoms with Crippen LogP contribution in [0.4, 0.5) is 0 Å². The molecule has 1 aromatic rings. The molecule has 0 spiro atoms. The van der Waals surface area contributed by atoms with E-state index in [0.717, 1.165) is 18.4 Å². The summed E-state index contributed by atoms with van der Waals surface area (Å²) in [6.07, 6.45) is 5.63. The maximum Gasteiger partial charge on any atom is 0.214 e. The van der Waals surface area contributed by atoms with Crippen LogP contribution in [-0.2, 0) is 16.4 Å². The van der Waals surface area contributed by atoms with Crippen LogP contribution in [0.5, 0.6) is 0 Å². The second-order valence-electron chi connectivity index (χ2n) is 4.49. The van der Waals surface area contributed by atoms with Gasteiger partial charge in [0.15, 0.2) is 0 Å². The van der Waals surface area contributed by atoms with Gasteiger partial charge in [0.25, 0.3) is 0 Å². The Balaban J connectivity index is 1.97. The Hall–Kier alpha value is -0.980. The summed E-state index contributed by atoms with van der Waals surface area (Å²) in [6, 6.07) is 3.76. The smallest absolute Gasteiger partial charge is 0.214 e. The van der Waals surface area contributed by atoms with E-state index in [1.807, 2.05) is 12.1 Å². The van der Waals surface area contributed by atoms with Gasteiger partial charge < -0.3 is 5.11 Å². The SMILES string of the molecule is O=S(=O)(CCc1ccncc1)N(CCO)C1CC1. The lowest BCUT2D eigenvalue weighted by molar-refractivity contribution is 0.250. The number of aliphatic hydroxyl groups is 1. The van der Waals surface area contributed by atoms with Crippen LogP contribution in [-0.4, -0.2) is 47.8 Å². The van der Waals surface area contributed by atoms with Crippen molar-refractivity contribution in [3.63, 3.8) is 0 Å². The molecule has 1 fully saturated rings. The zero-order chi connectivity index (χ0) is 13.0. The van der Waals surface area contributed by atoms with Crippen molar-refractivity contribution in [3.05, 3.63) is 30.1 Å². The predicted octanol–water partition coefficient (Wildman–Crippen LogP) is 0.411. The molecule has 0 amide bonds. The Labute approximate surface area is 108 Å². The number of aryl methyl sites for hydroxylation is 1. The second kappa shape index (κ2) is 5.77. The highest BCUT2D eigenvalue weighted by molar-refractivity contribution is 7.89. The Morgan fingerprint density at radius 1 is 1.33 bits per heavy atom. The maximum absolute atomic E-state index is 12.2. The van der Waals surface area contributed by atoms with E-state index in [2.05, 4.69) is 4.98 Å². The van der Waals surface area contributed by atoms with Crippen molar-refractivity contribution in [1.29, 1.82) is 0 Å². The lowest BCUT2D eigenvalue weighted by Gasteiger charge is -2.20. The van der Waals surface area contributed by atoms with Crippen LogP contribution in [0.25, 0.3) is 0 Å². The first-order chi connectivity index (χ1) is 8.63. The third-order valence-corrected chi connectivity index (χ3v) is 4.95. The Morgan fingerprint density at radius 2 is 2.00 bits per heavy atom. The number of pyridine rings is 1. The van der Waals surface area contributed by atoms with Crippen molar-refractivity contribution in [2.24, 2.45) is 0 Å². The summed E-state index contributed by atoms with van der Waals surface area (Å²) in [5.41, 5.74) is 0.966. The molecule has 0 radical (unpaired) electrons. The minimum absolute atomic E-state index is 0.0908. The van der Waals surface area contributed by atoms with Gasteiger partial charge in [-0.1, -0.05) is 0 Å². The number of aromatic nitrogens is 1. The van der Waals surface area contributed by atoms with E-state index in [9.17, 15) is 8.42 Å². The van der Waals surface area contributed by atoms with Gasteiger partial charge in [-0.05, 0) is 37.0 Å². The van der Waals surface area contributed by atoms with Crippen LogP contribution in [0.1, 0.15) is 18.4 Å². The largest absolute Gasteiger partial charge is 0.395 e. The number of rotatable bonds is 7. The van der Waals surface area contributed by atoms with Gasteiger partial charge in [0, 0.05) is 25.0 Å². The molecule has 1 aliphatic carbocycles. The van der Waals surface area contributed by atoms with Crippen molar-refractivity contribution >= 4 is 10.0 Å². The molecule has 1 heterocycles. The number of aliphatic hydroxyl groups excluding tert-OH is 1. The molecule has 18 heavy (non-hydrogen) atoms. The van der Waals surface area contributed by atoms with Gasteiger partial charge >= 0.3 is 0 Å². The monoisotopic (exact) mass is 270 g/mol. The molecule has 6 heteroatoms. The summed E-state index contributed by atoms with van der Waals surface area (Å²) in [5.74, 6) is 0.0908. The third kappa shape index (κ3) is 3.51. The summed E-state index contributed by atoms with van der Waals surface area (Å²) in [5, 5.41) is 8.95. The molecular formula is C12H18N2O3S. The van der Waals surface area contributed by atoms with E-state index in [-0.39, 0.29) is 24.9 Å². The van der Waals surface area contributed by atoms with Crippen LogP contribution in [0.3, 0.4) is 0 Å². The molecule has 5 nitrogen and oxygen atoms in total. The third-order valence-electron chi connectivity index (χ3n) is 3.03. The van der Waals surface area contributed by atoms with E-state index in [1.54, 1.807) is 12.4 Å². The van der Waals surface area contributed by atoms with Gasteiger partial charge in [0.1, 0.15) is 0 Å².